The molecule has 0 saturated heterocycles. The van der Waals surface area contributed by atoms with Crippen LogP contribution in [0.5, 0.6) is 11.5 Å². The van der Waals surface area contributed by atoms with Gasteiger partial charge in [0.15, 0.2) is 0 Å². The summed E-state index contributed by atoms with van der Waals surface area (Å²) in [6.45, 7) is 0. The van der Waals surface area contributed by atoms with Crippen molar-refractivity contribution >= 4 is 56.4 Å². The molecule has 0 spiro atoms. The van der Waals surface area contributed by atoms with Crippen LogP contribution in [-0.4, -0.2) is 31.3 Å². The second-order valence-electron chi connectivity index (χ2n) is 3.39. The van der Waals surface area contributed by atoms with Gasteiger partial charge in [0, 0.05) is 5.56 Å². The van der Waals surface area contributed by atoms with Gasteiger partial charge in [-0.1, -0.05) is 0 Å². The molecule has 0 atom stereocenters. The van der Waals surface area contributed by atoms with Crippen LogP contribution in [0.1, 0.15) is 5.56 Å². The molecule has 0 fully saturated rings. The number of nitrogens with two attached hydrogens (primary N) is 1. The minimum absolute atomic E-state index is 0. The number of nitrogens with zero attached hydrogens (tertiary/aromatic N) is 4. The van der Waals surface area contributed by atoms with Crippen molar-refractivity contribution in [3.8, 4) is 11.5 Å². The molecule has 2 rings (SSSR count). The Morgan fingerprint density at radius 2 is 2.05 bits per heavy atom. The molecule has 8 nitrogen and oxygen atoms in total. The molecule has 1 aromatic carbocycles. The van der Waals surface area contributed by atoms with Crippen molar-refractivity contribution in [3.63, 3.8) is 0 Å². The van der Waals surface area contributed by atoms with Gasteiger partial charge in [0.1, 0.15) is 22.3 Å². The molecule has 1 heterocycles. The average Bonchev–Trinajstić information content (AvgIpc) is 2.79. The number of halogens is 3. The van der Waals surface area contributed by atoms with Crippen molar-refractivity contribution in [2.75, 3.05) is 11.3 Å². The smallest absolute Gasteiger partial charge is 0.263 e. The van der Waals surface area contributed by atoms with E-state index in [4.69, 9.17) is 5.84 Å². The van der Waals surface area contributed by atoms with Crippen LogP contribution in [0.15, 0.2) is 26.4 Å². The zero-order valence-corrected chi connectivity index (χ0v) is 13.6. The van der Waals surface area contributed by atoms with Gasteiger partial charge in [-0.25, -0.2) is 10.1 Å². The van der Waals surface area contributed by atoms with E-state index >= 15 is 0 Å². The van der Waals surface area contributed by atoms with Crippen LogP contribution in [0.2, 0.25) is 0 Å². The lowest BCUT2D eigenvalue weighted by Crippen LogP contribution is -2.10. The fourth-order valence-electron chi connectivity index (χ4n) is 1.20. The molecule has 2 aromatic rings. The summed E-state index contributed by atoms with van der Waals surface area (Å²) in [5.41, 5.74) is 2.93. The highest BCUT2D eigenvalue weighted by Gasteiger charge is 2.12. The van der Waals surface area contributed by atoms with Crippen molar-refractivity contribution in [3.05, 3.63) is 26.9 Å². The molecule has 0 aliphatic heterocycles. The molecule has 20 heavy (non-hydrogen) atoms. The van der Waals surface area contributed by atoms with Crippen LogP contribution >= 0.6 is 44.3 Å². The minimum Gasteiger partial charge on any atom is -0.506 e. The quantitative estimate of drug-likeness (QED) is 0.336. The number of benzene rings is 1. The number of hydrogen-bond donors (Lipinski definition) is 4. The molecule has 1 aromatic heterocycles. The van der Waals surface area contributed by atoms with Crippen LogP contribution in [-0.2, 0) is 0 Å². The zero-order valence-electron chi connectivity index (χ0n) is 9.66. The molecule has 0 bridgehead atoms. The maximum Gasteiger partial charge on any atom is 0.263 e. The highest BCUT2D eigenvalue weighted by atomic mass is 79.9. The number of aromatic hydroxyl groups is 2. The van der Waals surface area contributed by atoms with Gasteiger partial charge in [0.05, 0.1) is 10.7 Å². The lowest BCUT2D eigenvalue weighted by molar-refractivity contribution is 0.442. The third-order valence-corrected chi connectivity index (χ3v) is 3.49. The summed E-state index contributed by atoms with van der Waals surface area (Å²) in [5, 5.41) is 30.5. The molecule has 5 N–H and O–H groups in total. The SMILES string of the molecule is Cl.Nn1cnnc1NN=Cc1cc(Br)c(O)c(Br)c1O. The first kappa shape index (κ1) is 16.5. The molecule has 0 amide bonds. The molecule has 108 valence electrons. The second-order valence-corrected chi connectivity index (χ2v) is 5.04. The normalized spacial score (nSPS) is 10.5. The number of phenolic OH excluding ortho intramolecular Hbond substituents is 2. The van der Waals surface area contributed by atoms with E-state index in [0.29, 0.717) is 10.0 Å². The first-order valence-corrected chi connectivity index (χ1v) is 6.43. The lowest BCUT2D eigenvalue weighted by atomic mass is 10.2. The largest absolute Gasteiger partial charge is 0.506 e. The maximum atomic E-state index is 9.81. The topological polar surface area (TPSA) is 122 Å². The van der Waals surface area contributed by atoms with E-state index in [1.54, 1.807) is 0 Å². The van der Waals surface area contributed by atoms with E-state index in [9.17, 15) is 10.2 Å². The summed E-state index contributed by atoms with van der Waals surface area (Å²) in [4.78, 5) is 0. The van der Waals surface area contributed by atoms with Crippen LogP contribution in [0.3, 0.4) is 0 Å². The molecule has 0 saturated carbocycles. The Hall–Kier alpha value is -1.52. The van der Waals surface area contributed by atoms with Gasteiger partial charge >= 0.3 is 0 Å². The Balaban J connectivity index is 0.00000200. The predicted octanol–water partition coefficient (Wildman–Crippen LogP) is 1.80. The number of aromatic nitrogens is 3. The van der Waals surface area contributed by atoms with E-state index in [1.165, 1.54) is 18.6 Å². The monoisotopic (exact) mass is 426 g/mol. The predicted molar refractivity (Wildman–Crippen MR) is 83.8 cm³/mol. The van der Waals surface area contributed by atoms with Gasteiger partial charge in [-0.2, -0.15) is 5.10 Å². The second kappa shape index (κ2) is 6.77. The van der Waals surface area contributed by atoms with Crippen LogP contribution in [0.4, 0.5) is 5.95 Å². The molecular formula is C9H9Br2ClN6O2. The Bertz CT molecular complexity index is 648. The van der Waals surface area contributed by atoms with E-state index < -0.39 is 0 Å². The van der Waals surface area contributed by atoms with Gasteiger partial charge in [0.25, 0.3) is 5.95 Å². The third kappa shape index (κ3) is 3.32. The maximum absolute atomic E-state index is 9.81. The zero-order chi connectivity index (χ0) is 14.0. The van der Waals surface area contributed by atoms with Gasteiger partial charge < -0.3 is 16.1 Å². The molecule has 0 aliphatic rings. The number of rotatable bonds is 3. The summed E-state index contributed by atoms with van der Waals surface area (Å²) in [7, 11) is 0. The molecule has 0 unspecified atom stereocenters. The number of nitrogen functional groups attached to an aromatic ring is 1. The van der Waals surface area contributed by atoms with Gasteiger partial charge in [0.2, 0.25) is 0 Å². The minimum atomic E-state index is -0.138. The van der Waals surface area contributed by atoms with Gasteiger partial charge in [-0.05, 0) is 37.9 Å². The van der Waals surface area contributed by atoms with Crippen molar-refractivity contribution in [1.82, 2.24) is 14.9 Å². The van der Waals surface area contributed by atoms with Gasteiger partial charge in [-0.15, -0.1) is 22.6 Å². The summed E-state index contributed by atoms with van der Waals surface area (Å²) in [6, 6.07) is 1.51. The highest BCUT2D eigenvalue weighted by Crippen LogP contribution is 2.40. The highest BCUT2D eigenvalue weighted by molar-refractivity contribution is 9.11. The van der Waals surface area contributed by atoms with Crippen molar-refractivity contribution < 1.29 is 10.2 Å². The summed E-state index contributed by atoms with van der Waals surface area (Å²) >= 11 is 6.22. The van der Waals surface area contributed by atoms with Crippen molar-refractivity contribution in [1.29, 1.82) is 0 Å². The fraction of sp³-hybridized carbons (Fsp3) is 0. The van der Waals surface area contributed by atoms with E-state index in [-0.39, 0.29) is 34.3 Å². The van der Waals surface area contributed by atoms with Crippen LogP contribution < -0.4 is 11.3 Å². The Morgan fingerprint density at radius 1 is 1.35 bits per heavy atom. The molecular weight excluding hydrogens is 419 g/mol. The fourth-order valence-corrected chi connectivity index (χ4v) is 2.35. The first-order chi connectivity index (χ1) is 9.00. The number of hydrogen-bond acceptors (Lipinski definition) is 7. The number of nitrogens with one attached hydrogen (secondary N) is 1. The summed E-state index contributed by atoms with van der Waals surface area (Å²) < 4.78 is 1.74. The van der Waals surface area contributed by atoms with Crippen molar-refractivity contribution in [2.24, 2.45) is 5.10 Å². The third-order valence-electron chi connectivity index (χ3n) is 2.14. The van der Waals surface area contributed by atoms with E-state index in [0.717, 1.165) is 4.68 Å². The Labute approximate surface area is 136 Å². The Morgan fingerprint density at radius 3 is 2.65 bits per heavy atom. The first-order valence-electron chi connectivity index (χ1n) is 4.84. The summed E-state index contributed by atoms with van der Waals surface area (Å²) in [6.07, 6.45) is 2.65. The standard InChI is InChI=1S/C9H8Br2N6O2.ClH/c10-5-1-4(7(18)6(11)8(5)19)2-13-15-9-16-14-3-17(9)12;/h1-3,18-19H,12H2,(H,15,16);1H. The number of phenols is 2. The van der Waals surface area contributed by atoms with Crippen molar-refractivity contribution in [2.45, 2.75) is 0 Å². The lowest BCUT2D eigenvalue weighted by Gasteiger charge is -2.06. The average molecular weight is 428 g/mol. The number of hydrazone groups is 1. The molecule has 11 heteroatoms. The molecule has 0 aliphatic carbocycles. The van der Waals surface area contributed by atoms with Gasteiger partial charge in [-0.3, -0.25) is 0 Å². The Kier molecular flexibility index (Phi) is 5.60. The van der Waals surface area contributed by atoms with E-state index in [2.05, 4.69) is 52.6 Å². The van der Waals surface area contributed by atoms with E-state index in [1.807, 2.05) is 0 Å². The molecule has 0 radical (unpaired) electrons. The summed E-state index contributed by atoms with van der Waals surface area (Å²) in [5.74, 6) is 5.49. The number of anilines is 1. The van der Waals surface area contributed by atoms with Crippen LogP contribution in [0, 0.1) is 0 Å². The van der Waals surface area contributed by atoms with Crippen LogP contribution in [0.25, 0.3) is 0 Å².